The molecule has 0 saturated carbocycles. The summed E-state index contributed by atoms with van der Waals surface area (Å²) < 4.78 is 15.6. The second kappa shape index (κ2) is 8.54. The molecule has 140 valence electrons. The van der Waals surface area contributed by atoms with Crippen LogP contribution < -0.4 is 5.32 Å². The molecule has 1 aromatic heterocycles. The second-order valence-corrected chi connectivity index (χ2v) is 7.29. The molecule has 1 heterocycles. The molecule has 0 aliphatic carbocycles. The van der Waals surface area contributed by atoms with Crippen molar-refractivity contribution in [1.29, 1.82) is 0 Å². The maximum Gasteiger partial charge on any atom is 0.230 e. The molecule has 8 heteroatoms. The van der Waals surface area contributed by atoms with Gasteiger partial charge in [-0.15, -0.1) is 10.2 Å². The number of amides is 1. The number of carbonyl (C=O) groups is 1. The van der Waals surface area contributed by atoms with Crippen LogP contribution in [-0.2, 0) is 11.8 Å². The molecule has 0 bridgehead atoms. The zero-order chi connectivity index (χ0) is 19.4. The van der Waals surface area contributed by atoms with Crippen molar-refractivity contribution in [1.82, 2.24) is 20.1 Å². The van der Waals surface area contributed by atoms with Gasteiger partial charge in [-0.3, -0.25) is 4.79 Å². The average molecular weight is 405 g/mol. The number of carbonyl (C=O) groups excluding carboxylic acids is 1. The van der Waals surface area contributed by atoms with Crippen molar-refractivity contribution in [2.45, 2.75) is 18.1 Å². The molecule has 0 fully saturated rings. The lowest BCUT2D eigenvalue weighted by atomic mass is 10.1. The predicted molar refractivity (Wildman–Crippen MR) is 105 cm³/mol. The Morgan fingerprint density at radius 3 is 2.67 bits per heavy atom. The zero-order valence-electron chi connectivity index (χ0n) is 14.8. The van der Waals surface area contributed by atoms with E-state index >= 15 is 0 Å². The minimum Gasteiger partial charge on any atom is -0.349 e. The summed E-state index contributed by atoms with van der Waals surface area (Å²) in [5.41, 5.74) is 1.23. The first kappa shape index (κ1) is 19.4. The van der Waals surface area contributed by atoms with E-state index in [1.54, 1.807) is 35.9 Å². The van der Waals surface area contributed by atoms with Crippen molar-refractivity contribution < 1.29 is 9.18 Å². The van der Waals surface area contributed by atoms with Crippen LogP contribution in [0.5, 0.6) is 0 Å². The highest BCUT2D eigenvalue weighted by Gasteiger charge is 2.17. The Bertz CT molecular complexity index is 962. The quantitative estimate of drug-likeness (QED) is 0.624. The topological polar surface area (TPSA) is 59.8 Å². The van der Waals surface area contributed by atoms with Crippen LogP contribution in [0.2, 0.25) is 5.02 Å². The van der Waals surface area contributed by atoms with Crippen molar-refractivity contribution in [2.24, 2.45) is 7.05 Å². The van der Waals surface area contributed by atoms with Gasteiger partial charge in [0.05, 0.1) is 17.4 Å². The van der Waals surface area contributed by atoms with E-state index in [0.29, 0.717) is 21.6 Å². The van der Waals surface area contributed by atoms with Crippen LogP contribution in [0.15, 0.2) is 53.7 Å². The van der Waals surface area contributed by atoms with Gasteiger partial charge in [-0.05, 0) is 30.7 Å². The van der Waals surface area contributed by atoms with Crippen molar-refractivity contribution >= 4 is 29.3 Å². The van der Waals surface area contributed by atoms with Crippen LogP contribution in [0.3, 0.4) is 0 Å². The molecule has 0 radical (unpaired) electrons. The van der Waals surface area contributed by atoms with Gasteiger partial charge < -0.3 is 9.88 Å². The number of hydrogen-bond donors (Lipinski definition) is 1. The zero-order valence-corrected chi connectivity index (χ0v) is 16.4. The van der Waals surface area contributed by atoms with Gasteiger partial charge in [0.1, 0.15) is 5.82 Å². The third kappa shape index (κ3) is 4.48. The Morgan fingerprint density at radius 2 is 1.93 bits per heavy atom. The minimum absolute atomic E-state index is 0.150. The molecule has 1 atom stereocenters. The normalized spacial score (nSPS) is 12.0. The molecule has 1 amide bonds. The third-order valence-corrected chi connectivity index (χ3v) is 5.40. The number of benzene rings is 2. The first-order chi connectivity index (χ1) is 13.0. The lowest BCUT2D eigenvalue weighted by molar-refractivity contribution is -0.119. The smallest absolute Gasteiger partial charge is 0.230 e. The summed E-state index contributed by atoms with van der Waals surface area (Å²) in [5, 5.41) is 12.2. The van der Waals surface area contributed by atoms with E-state index in [2.05, 4.69) is 15.5 Å². The third-order valence-electron chi connectivity index (χ3n) is 4.03. The SMILES string of the molecule is C[C@H](NC(=O)CSc1nnc(-c2ccccc2F)n1C)c1ccccc1Cl. The van der Waals surface area contributed by atoms with E-state index in [-0.39, 0.29) is 23.5 Å². The van der Waals surface area contributed by atoms with Crippen LogP contribution in [0.4, 0.5) is 4.39 Å². The highest BCUT2D eigenvalue weighted by molar-refractivity contribution is 7.99. The van der Waals surface area contributed by atoms with Crippen LogP contribution in [0.25, 0.3) is 11.4 Å². The number of aromatic nitrogens is 3. The molecule has 1 N–H and O–H groups in total. The second-order valence-electron chi connectivity index (χ2n) is 5.94. The Balaban J connectivity index is 1.63. The van der Waals surface area contributed by atoms with E-state index in [4.69, 9.17) is 11.6 Å². The summed E-state index contributed by atoms with van der Waals surface area (Å²) in [6.45, 7) is 1.88. The van der Waals surface area contributed by atoms with E-state index in [9.17, 15) is 9.18 Å². The minimum atomic E-state index is -0.365. The van der Waals surface area contributed by atoms with Crippen molar-refractivity contribution in [2.75, 3.05) is 5.75 Å². The van der Waals surface area contributed by atoms with Crippen LogP contribution in [-0.4, -0.2) is 26.4 Å². The molecule has 0 unspecified atom stereocenters. The molecule has 3 rings (SSSR count). The molecule has 0 aliphatic heterocycles. The first-order valence-corrected chi connectivity index (χ1v) is 9.64. The molecule has 3 aromatic rings. The number of nitrogens with one attached hydrogen (secondary N) is 1. The van der Waals surface area contributed by atoms with Gasteiger partial charge in [-0.25, -0.2) is 4.39 Å². The van der Waals surface area contributed by atoms with Gasteiger partial charge >= 0.3 is 0 Å². The van der Waals surface area contributed by atoms with Gasteiger partial charge in [0.15, 0.2) is 11.0 Å². The summed E-state index contributed by atoms with van der Waals surface area (Å²) in [4.78, 5) is 12.3. The summed E-state index contributed by atoms with van der Waals surface area (Å²) in [7, 11) is 1.74. The van der Waals surface area contributed by atoms with Gasteiger partial charge in [0.2, 0.25) is 5.91 Å². The standard InChI is InChI=1S/C19H18ClFN4OS/c1-12(13-7-3-5-9-15(13)20)22-17(26)11-27-19-24-23-18(25(19)2)14-8-4-6-10-16(14)21/h3-10,12H,11H2,1-2H3,(H,22,26)/t12-/m0/s1. The number of nitrogens with zero attached hydrogens (tertiary/aromatic N) is 3. The van der Waals surface area contributed by atoms with Crippen molar-refractivity contribution in [3.63, 3.8) is 0 Å². The molecule has 5 nitrogen and oxygen atoms in total. The average Bonchev–Trinajstić information content (AvgIpc) is 3.01. The van der Waals surface area contributed by atoms with Crippen LogP contribution in [0.1, 0.15) is 18.5 Å². The highest BCUT2D eigenvalue weighted by Crippen LogP contribution is 2.25. The molecule has 0 spiro atoms. The van der Waals surface area contributed by atoms with Crippen molar-refractivity contribution in [3.8, 4) is 11.4 Å². The summed E-state index contributed by atoms with van der Waals surface area (Å²) >= 11 is 7.40. The molecule has 27 heavy (non-hydrogen) atoms. The van der Waals surface area contributed by atoms with E-state index in [1.165, 1.54) is 17.8 Å². The van der Waals surface area contributed by atoms with E-state index < -0.39 is 0 Å². The summed E-state index contributed by atoms with van der Waals surface area (Å²) in [5.74, 6) is 0.0667. The molecule has 0 saturated heterocycles. The Morgan fingerprint density at radius 1 is 1.22 bits per heavy atom. The van der Waals surface area contributed by atoms with Gasteiger partial charge in [-0.1, -0.05) is 53.7 Å². The maximum absolute atomic E-state index is 14.0. The van der Waals surface area contributed by atoms with Gasteiger partial charge in [0, 0.05) is 12.1 Å². The van der Waals surface area contributed by atoms with E-state index in [1.807, 2.05) is 25.1 Å². The van der Waals surface area contributed by atoms with Gasteiger partial charge in [-0.2, -0.15) is 0 Å². The first-order valence-electron chi connectivity index (χ1n) is 8.28. The lowest BCUT2D eigenvalue weighted by Gasteiger charge is -2.15. The lowest BCUT2D eigenvalue weighted by Crippen LogP contribution is -2.28. The number of rotatable bonds is 6. The van der Waals surface area contributed by atoms with Crippen LogP contribution >= 0.6 is 23.4 Å². The molecule has 0 aliphatic rings. The van der Waals surface area contributed by atoms with E-state index in [0.717, 1.165) is 5.56 Å². The Hall–Kier alpha value is -2.38. The molecular formula is C19H18ClFN4OS. The van der Waals surface area contributed by atoms with Gasteiger partial charge in [0.25, 0.3) is 0 Å². The maximum atomic E-state index is 14.0. The fourth-order valence-electron chi connectivity index (χ4n) is 2.63. The molecular weight excluding hydrogens is 387 g/mol. The molecule has 2 aromatic carbocycles. The Labute approximate surface area is 166 Å². The highest BCUT2D eigenvalue weighted by atomic mass is 35.5. The Kier molecular flexibility index (Phi) is 6.13. The number of thioether (sulfide) groups is 1. The fourth-order valence-corrected chi connectivity index (χ4v) is 3.66. The summed E-state index contributed by atoms with van der Waals surface area (Å²) in [6.07, 6.45) is 0. The fraction of sp³-hybridized carbons (Fsp3) is 0.211. The summed E-state index contributed by atoms with van der Waals surface area (Å²) in [6, 6.07) is 13.6. The largest absolute Gasteiger partial charge is 0.349 e. The number of halogens is 2. The monoisotopic (exact) mass is 404 g/mol. The predicted octanol–water partition coefficient (Wildman–Crippen LogP) is 4.24. The van der Waals surface area contributed by atoms with Crippen LogP contribution in [0, 0.1) is 5.82 Å². The van der Waals surface area contributed by atoms with Crippen molar-refractivity contribution in [3.05, 3.63) is 64.9 Å². The number of hydrogen-bond acceptors (Lipinski definition) is 4.